The van der Waals surface area contributed by atoms with Crippen LogP contribution in [0.5, 0.6) is 0 Å². The van der Waals surface area contributed by atoms with Gasteiger partial charge in [-0.15, -0.1) is 0 Å². The summed E-state index contributed by atoms with van der Waals surface area (Å²) in [6.07, 6.45) is 8.06. The van der Waals surface area contributed by atoms with E-state index in [1.165, 1.54) is 44.6 Å². The summed E-state index contributed by atoms with van der Waals surface area (Å²) in [4.78, 5) is 2.37. The first-order valence-corrected chi connectivity index (χ1v) is 8.01. The molecule has 0 aromatic heterocycles. The number of benzene rings is 1. The molecule has 1 aromatic rings. The van der Waals surface area contributed by atoms with Gasteiger partial charge in [0.25, 0.3) is 0 Å². The third-order valence-corrected chi connectivity index (χ3v) is 5.41. The first kappa shape index (κ1) is 14.9. The molecule has 2 nitrogen and oxygen atoms in total. The second-order valence-electron chi connectivity index (χ2n) is 6.79. The molecule has 1 saturated carbocycles. The van der Waals surface area contributed by atoms with Crippen molar-refractivity contribution in [2.24, 2.45) is 11.1 Å². The predicted molar refractivity (Wildman–Crippen MR) is 79.9 cm³/mol. The van der Waals surface area contributed by atoms with Gasteiger partial charge in [0.1, 0.15) is 0 Å². The van der Waals surface area contributed by atoms with Crippen LogP contribution < -0.4 is 5.73 Å². The molecule has 1 aliphatic heterocycles. The topological polar surface area (TPSA) is 29.3 Å². The van der Waals surface area contributed by atoms with Gasteiger partial charge in [0.15, 0.2) is 11.6 Å². The van der Waals surface area contributed by atoms with E-state index in [4.69, 9.17) is 5.73 Å². The number of piperidine rings is 1. The molecule has 4 heteroatoms. The number of likely N-dealkylation sites (tertiary alicyclic amines) is 1. The zero-order valence-corrected chi connectivity index (χ0v) is 12.5. The minimum atomic E-state index is -0.813. The highest BCUT2D eigenvalue weighted by molar-refractivity contribution is 5.21. The Balaban J connectivity index is 1.56. The molecule has 1 saturated heterocycles. The molecule has 2 aliphatic rings. The van der Waals surface area contributed by atoms with Crippen molar-refractivity contribution in [2.75, 3.05) is 19.6 Å². The van der Waals surface area contributed by atoms with Gasteiger partial charge in [0.05, 0.1) is 0 Å². The monoisotopic (exact) mass is 294 g/mol. The van der Waals surface area contributed by atoms with Gasteiger partial charge in [-0.05, 0) is 61.9 Å². The summed E-state index contributed by atoms with van der Waals surface area (Å²) in [5, 5.41) is 0. The number of hydrogen-bond acceptors (Lipinski definition) is 2. The minimum Gasteiger partial charge on any atom is -0.323 e. The molecule has 2 fully saturated rings. The van der Waals surface area contributed by atoms with Crippen LogP contribution >= 0.6 is 0 Å². The first-order valence-electron chi connectivity index (χ1n) is 8.01. The quantitative estimate of drug-likeness (QED) is 0.922. The third-order valence-electron chi connectivity index (χ3n) is 5.41. The van der Waals surface area contributed by atoms with Gasteiger partial charge in [-0.1, -0.05) is 18.9 Å². The molecule has 1 aliphatic carbocycles. The van der Waals surface area contributed by atoms with Crippen molar-refractivity contribution in [3.8, 4) is 0 Å². The van der Waals surface area contributed by atoms with E-state index >= 15 is 0 Å². The number of rotatable bonds is 3. The van der Waals surface area contributed by atoms with Crippen molar-refractivity contribution in [2.45, 2.75) is 44.6 Å². The van der Waals surface area contributed by atoms with Crippen LogP contribution in [0.1, 0.15) is 50.1 Å². The molecule has 1 unspecified atom stereocenters. The minimum absolute atomic E-state index is 0.252. The lowest BCUT2D eigenvalue weighted by atomic mass is 9.77. The Bertz CT molecular complexity index is 488. The average Bonchev–Trinajstić information content (AvgIpc) is 2.93. The third kappa shape index (κ3) is 3.27. The second kappa shape index (κ2) is 6.01. The van der Waals surface area contributed by atoms with E-state index in [0.717, 1.165) is 25.7 Å². The zero-order chi connectivity index (χ0) is 14.9. The normalized spacial score (nSPS) is 23.6. The summed E-state index contributed by atoms with van der Waals surface area (Å²) >= 11 is 0. The molecule has 3 rings (SSSR count). The molecule has 1 aromatic carbocycles. The highest BCUT2D eigenvalue weighted by atomic mass is 19.2. The Labute approximate surface area is 125 Å². The maximum Gasteiger partial charge on any atom is 0.159 e. The second-order valence-corrected chi connectivity index (χ2v) is 6.79. The van der Waals surface area contributed by atoms with E-state index in [0.29, 0.717) is 11.0 Å². The molecule has 0 amide bonds. The molecule has 1 heterocycles. The van der Waals surface area contributed by atoms with Gasteiger partial charge >= 0.3 is 0 Å². The van der Waals surface area contributed by atoms with E-state index in [2.05, 4.69) is 4.90 Å². The summed E-state index contributed by atoms with van der Waals surface area (Å²) in [5.74, 6) is -1.63. The van der Waals surface area contributed by atoms with Gasteiger partial charge in [0, 0.05) is 12.6 Å². The maximum atomic E-state index is 13.3. The highest BCUT2D eigenvalue weighted by Gasteiger charge is 2.37. The van der Waals surface area contributed by atoms with Gasteiger partial charge in [0.2, 0.25) is 0 Å². The molecule has 116 valence electrons. The van der Waals surface area contributed by atoms with Crippen LogP contribution in [0.2, 0.25) is 0 Å². The summed E-state index contributed by atoms with van der Waals surface area (Å²) in [5.41, 5.74) is 7.43. The van der Waals surface area contributed by atoms with Crippen LogP contribution in [0.15, 0.2) is 18.2 Å². The van der Waals surface area contributed by atoms with Gasteiger partial charge in [-0.3, -0.25) is 0 Å². The summed E-state index contributed by atoms with van der Waals surface area (Å²) in [7, 11) is 0. The van der Waals surface area contributed by atoms with Crippen LogP contribution in [-0.4, -0.2) is 24.5 Å². The SMILES string of the molecule is NC(CN1CCC2(CCCC2)CC1)c1ccc(F)c(F)c1. The summed E-state index contributed by atoms with van der Waals surface area (Å²) < 4.78 is 26.2. The molecule has 21 heavy (non-hydrogen) atoms. The van der Waals surface area contributed by atoms with Crippen molar-refractivity contribution in [1.29, 1.82) is 0 Å². The molecule has 2 N–H and O–H groups in total. The van der Waals surface area contributed by atoms with E-state index in [1.54, 1.807) is 6.07 Å². The van der Waals surface area contributed by atoms with E-state index in [1.807, 2.05) is 0 Å². The van der Waals surface area contributed by atoms with Crippen molar-refractivity contribution < 1.29 is 8.78 Å². The number of hydrogen-bond donors (Lipinski definition) is 1. The molecular weight excluding hydrogens is 270 g/mol. The lowest BCUT2D eigenvalue weighted by Crippen LogP contribution is -2.42. The van der Waals surface area contributed by atoms with Gasteiger partial charge in [-0.2, -0.15) is 0 Å². The van der Waals surface area contributed by atoms with Crippen molar-refractivity contribution >= 4 is 0 Å². The maximum absolute atomic E-state index is 13.3. The Kier molecular flexibility index (Phi) is 4.27. The van der Waals surface area contributed by atoms with Crippen LogP contribution in [0.4, 0.5) is 8.78 Å². The number of halogens is 2. The molecule has 0 bridgehead atoms. The van der Waals surface area contributed by atoms with Crippen LogP contribution in [0.3, 0.4) is 0 Å². The van der Waals surface area contributed by atoms with Crippen molar-refractivity contribution in [3.05, 3.63) is 35.4 Å². The predicted octanol–water partition coefficient (Wildman–Crippen LogP) is 3.62. The summed E-state index contributed by atoms with van der Waals surface area (Å²) in [6.45, 7) is 2.88. The molecule has 1 atom stereocenters. The molecule has 0 radical (unpaired) electrons. The van der Waals surface area contributed by atoms with Gasteiger partial charge < -0.3 is 10.6 Å². The van der Waals surface area contributed by atoms with E-state index in [9.17, 15) is 8.78 Å². The highest BCUT2D eigenvalue weighted by Crippen LogP contribution is 2.46. The first-order chi connectivity index (χ1) is 10.1. The Morgan fingerprint density at radius 2 is 1.71 bits per heavy atom. The van der Waals surface area contributed by atoms with Crippen LogP contribution in [0.25, 0.3) is 0 Å². The molecule has 1 spiro atoms. The number of nitrogens with zero attached hydrogens (tertiary/aromatic N) is 1. The Morgan fingerprint density at radius 1 is 1.05 bits per heavy atom. The van der Waals surface area contributed by atoms with Crippen LogP contribution in [0, 0.1) is 17.0 Å². The van der Waals surface area contributed by atoms with Crippen molar-refractivity contribution in [3.63, 3.8) is 0 Å². The fraction of sp³-hybridized carbons (Fsp3) is 0.647. The smallest absolute Gasteiger partial charge is 0.159 e. The fourth-order valence-corrected chi connectivity index (χ4v) is 3.96. The lowest BCUT2D eigenvalue weighted by Gasteiger charge is -2.40. The van der Waals surface area contributed by atoms with E-state index in [-0.39, 0.29) is 6.04 Å². The van der Waals surface area contributed by atoms with Crippen LogP contribution in [-0.2, 0) is 0 Å². The Morgan fingerprint density at radius 3 is 2.33 bits per heavy atom. The summed E-state index contributed by atoms with van der Waals surface area (Å²) in [6, 6.07) is 3.72. The Hall–Kier alpha value is -1.00. The zero-order valence-electron chi connectivity index (χ0n) is 12.5. The largest absolute Gasteiger partial charge is 0.323 e. The van der Waals surface area contributed by atoms with E-state index < -0.39 is 11.6 Å². The van der Waals surface area contributed by atoms with Crippen molar-refractivity contribution in [1.82, 2.24) is 4.90 Å². The standard InChI is InChI=1S/C17H24F2N2/c18-14-4-3-13(11-15(14)19)16(20)12-21-9-7-17(8-10-21)5-1-2-6-17/h3-4,11,16H,1-2,5-10,12,20H2. The number of nitrogens with two attached hydrogens (primary N) is 1. The lowest BCUT2D eigenvalue weighted by molar-refractivity contribution is 0.104. The molecular formula is C17H24F2N2. The fourth-order valence-electron chi connectivity index (χ4n) is 3.96. The average molecular weight is 294 g/mol. The van der Waals surface area contributed by atoms with Gasteiger partial charge in [-0.25, -0.2) is 8.78 Å².